The minimum atomic E-state index is -5.62. The largest absolute Gasteiger partial charge is 0.455 e. The number of halogens is 5. The van der Waals surface area contributed by atoms with Gasteiger partial charge in [-0.15, -0.1) is 11.3 Å². The van der Waals surface area contributed by atoms with Crippen LogP contribution in [-0.4, -0.2) is 12.1 Å². The maximum Gasteiger partial charge on any atom is 0.455 e. The summed E-state index contributed by atoms with van der Waals surface area (Å²) in [5.74, 6) is -4.90. The minimum Gasteiger partial charge on any atom is -0.318 e. The highest BCUT2D eigenvalue weighted by atomic mass is 32.1. The topological polar surface area (TPSA) is 26.0 Å². The number of rotatable bonds is 2. The molecule has 2 N–H and O–H groups in total. The van der Waals surface area contributed by atoms with E-state index in [0.717, 1.165) is 11.3 Å². The molecule has 1 aromatic heterocycles. The number of alkyl halides is 5. The lowest BCUT2D eigenvalue weighted by Gasteiger charge is -2.25. The highest BCUT2D eigenvalue weighted by molar-refractivity contribution is 7.10. The SMILES string of the molecule is Cc1ccsc1[C@@H](N)C(F)(F)C(F)(F)F. The molecule has 1 rings (SSSR count). The first kappa shape index (κ1) is 12.4. The summed E-state index contributed by atoms with van der Waals surface area (Å²) in [6.07, 6.45) is -5.62. The number of nitrogens with two attached hydrogens (primary N) is 1. The molecule has 0 bridgehead atoms. The van der Waals surface area contributed by atoms with Gasteiger partial charge in [0, 0.05) is 4.88 Å². The van der Waals surface area contributed by atoms with Crippen LogP contribution in [0.15, 0.2) is 11.4 Å². The molecule has 0 amide bonds. The molecule has 0 saturated carbocycles. The molecule has 86 valence electrons. The summed E-state index contributed by atoms with van der Waals surface area (Å²) >= 11 is 0.796. The van der Waals surface area contributed by atoms with E-state index in [2.05, 4.69) is 0 Å². The van der Waals surface area contributed by atoms with Gasteiger partial charge in [-0.25, -0.2) is 0 Å². The number of hydrogen-bond donors (Lipinski definition) is 1. The zero-order chi connectivity index (χ0) is 11.9. The van der Waals surface area contributed by atoms with Crippen LogP contribution in [0.5, 0.6) is 0 Å². The van der Waals surface area contributed by atoms with Crippen molar-refractivity contribution in [2.45, 2.75) is 25.1 Å². The van der Waals surface area contributed by atoms with Gasteiger partial charge in [-0.3, -0.25) is 0 Å². The van der Waals surface area contributed by atoms with E-state index in [9.17, 15) is 22.0 Å². The Balaban J connectivity index is 3.05. The summed E-state index contributed by atoms with van der Waals surface area (Å²) in [6.45, 7) is 1.44. The number of aryl methyl sites for hydroxylation is 1. The van der Waals surface area contributed by atoms with Crippen LogP contribution in [0.4, 0.5) is 22.0 Å². The van der Waals surface area contributed by atoms with Crippen LogP contribution < -0.4 is 5.73 Å². The van der Waals surface area contributed by atoms with E-state index in [1.807, 2.05) is 0 Å². The number of hydrogen-bond acceptors (Lipinski definition) is 2. The minimum absolute atomic E-state index is 0.141. The van der Waals surface area contributed by atoms with Crippen LogP contribution >= 0.6 is 11.3 Å². The molecule has 0 spiro atoms. The van der Waals surface area contributed by atoms with E-state index in [4.69, 9.17) is 5.73 Å². The summed E-state index contributed by atoms with van der Waals surface area (Å²) in [7, 11) is 0. The van der Waals surface area contributed by atoms with Crippen molar-refractivity contribution >= 4 is 11.3 Å². The Morgan fingerprint density at radius 3 is 2.13 bits per heavy atom. The molecule has 7 heteroatoms. The summed E-state index contributed by atoms with van der Waals surface area (Å²) < 4.78 is 61.6. The number of thiophene rings is 1. The molecule has 0 aliphatic carbocycles. The fourth-order valence-electron chi connectivity index (χ4n) is 1.04. The average Bonchev–Trinajstić information content (AvgIpc) is 2.48. The van der Waals surface area contributed by atoms with Crippen molar-refractivity contribution < 1.29 is 22.0 Å². The second-order valence-electron chi connectivity index (χ2n) is 3.07. The van der Waals surface area contributed by atoms with Crippen LogP contribution in [0, 0.1) is 6.92 Å². The van der Waals surface area contributed by atoms with Crippen LogP contribution in [0.25, 0.3) is 0 Å². The maximum absolute atomic E-state index is 12.8. The Labute approximate surface area is 86.7 Å². The lowest BCUT2D eigenvalue weighted by molar-refractivity contribution is -0.290. The lowest BCUT2D eigenvalue weighted by atomic mass is 10.1. The molecule has 0 aliphatic heterocycles. The zero-order valence-electron chi connectivity index (χ0n) is 7.61. The van der Waals surface area contributed by atoms with Gasteiger partial charge in [-0.2, -0.15) is 22.0 Å². The lowest BCUT2D eigenvalue weighted by Crippen LogP contribution is -2.45. The van der Waals surface area contributed by atoms with E-state index in [-0.39, 0.29) is 4.88 Å². The normalized spacial score (nSPS) is 15.4. The zero-order valence-corrected chi connectivity index (χ0v) is 8.42. The molecule has 1 atom stereocenters. The second-order valence-corrected chi connectivity index (χ2v) is 4.01. The molecular formula is C8H8F5NS. The predicted octanol–water partition coefficient (Wildman–Crippen LogP) is 3.25. The van der Waals surface area contributed by atoms with E-state index in [1.165, 1.54) is 18.4 Å². The van der Waals surface area contributed by atoms with Crippen molar-refractivity contribution in [2.75, 3.05) is 0 Å². The van der Waals surface area contributed by atoms with Gasteiger partial charge < -0.3 is 5.73 Å². The summed E-state index contributed by atoms with van der Waals surface area (Å²) in [5.41, 5.74) is 5.29. The van der Waals surface area contributed by atoms with Gasteiger partial charge >= 0.3 is 12.1 Å². The Hall–Kier alpha value is -0.690. The quantitative estimate of drug-likeness (QED) is 0.795. The molecular weight excluding hydrogens is 237 g/mol. The molecule has 0 aromatic carbocycles. The summed E-state index contributed by atoms with van der Waals surface area (Å²) in [4.78, 5) is -0.141. The monoisotopic (exact) mass is 245 g/mol. The third-order valence-electron chi connectivity index (χ3n) is 1.95. The van der Waals surface area contributed by atoms with Gasteiger partial charge in [0.1, 0.15) is 6.04 Å². The molecule has 0 saturated heterocycles. The molecule has 0 radical (unpaired) electrons. The first-order valence-corrected chi connectivity index (χ1v) is 4.80. The van der Waals surface area contributed by atoms with Crippen molar-refractivity contribution in [3.05, 3.63) is 21.9 Å². The predicted molar refractivity (Wildman–Crippen MR) is 47.0 cm³/mol. The van der Waals surface area contributed by atoms with E-state index in [1.54, 1.807) is 0 Å². The highest BCUT2D eigenvalue weighted by Crippen LogP contribution is 2.44. The third kappa shape index (κ3) is 2.12. The van der Waals surface area contributed by atoms with Crippen molar-refractivity contribution in [2.24, 2.45) is 5.73 Å². The fraction of sp³-hybridized carbons (Fsp3) is 0.500. The van der Waals surface area contributed by atoms with E-state index in [0.29, 0.717) is 5.56 Å². The molecule has 0 fully saturated rings. The Bertz CT molecular complexity index is 343. The van der Waals surface area contributed by atoms with Crippen LogP contribution in [0.1, 0.15) is 16.5 Å². The van der Waals surface area contributed by atoms with Gasteiger partial charge in [0.15, 0.2) is 0 Å². The van der Waals surface area contributed by atoms with Gasteiger partial charge in [-0.1, -0.05) is 0 Å². The first-order valence-electron chi connectivity index (χ1n) is 3.92. The fourth-order valence-corrected chi connectivity index (χ4v) is 2.01. The van der Waals surface area contributed by atoms with Crippen LogP contribution in [-0.2, 0) is 0 Å². The van der Waals surface area contributed by atoms with Gasteiger partial charge in [-0.05, 0) is 23.9 Å². The smallest absolute Gasteiger partial charge is 0.318 e. The highest BCUT2D eigenvalue weighted by Gasteiger charge is 2.62. The molecule has 1 nitrogen and oxygen atoms in total. The molecule has 15 heavy (non-hydrogen) atoms. The van der Waals surface area contributed by atoms with E-state index < -0.39 is 18.1 Å². The first-order chi connectivity index (χ1) is 6.68. The van der Waals surface area contributed by atoms with Crippen molar-refractivity contribution in [1.82, 2.24) is 0 Å². The molecule has 0 aliphatic rings. The Kier molecular flexibility index (Phi) is 3.06. The average molecular weight is 245 g/mol. The van der Waals surface area contributed by atoms with E-state index >= 15 is 0 Å². The van der Waals surface area contributed by atoms with Gasteiger partial charge in [0.05, 0.1) is 0 Å². The van der Waals surface area contributed by atoms with Crippen LogP contribution in [0.2, 0.25) is 0 Å². The third-order valence-corrected chi connectivity index (χ3v) is 3.05. The van der Waals surface area contributed by atoms with Crippen molar-refractivity contribution in [3.8, 4) is 0 Å². The molecule has 1 aromatic rings. The van der Waals surface area contributed by atoms with Crippen molar-refractivity contribution in [1.29, 1.82) is 0 Å². The van der Waals surface area contributed by atoms with Crippen molar-refractivity contribution in [3.63, 3.8) is 0 Å². The summed E-state index contributed by atoms with van der Waals surface area (Å²) in [6, 6.07) is -0.885. The standard InChI is InChI=1S/C8H8F5NS/c1-4-2-3-15-5(4)6(14)7(9,10)8(11,12)13/h2-3,6H,14H2,1H3/t6-/m1/s1. The Morgan fingerprint density at radius 2 is 1.80 bits per heavy atom. The maximum atomic E-state index is 12.8. The van der Waals surface area contributed by atoms with Gasteiger partial charge in [0.2, 0.25) is 0 Å². The van der Waals surface area contributed by atoms with Crippen LogP contribution in [0.3, 0.4) is 0 Å². The molecule has 1 heterocycles. The molecule has 0 unspecified atom stereocenters. The second kappa shape index (κ2) is 3.71. The summed E-state index contributed by atoms with van der Waals surface area (Å²) in [5, 5.41) is 1.43. The Morgan fingerprint density at radius 1 is 1.27 bits per heavy atom. The van der Waals surface area contributed by atoms with Gasteiger partial charge in [0.25, 0.3) is 0 Å².